The van der Waals surface area contributed by atoms with Crippen LogP contribution in [0.25, 0.3) is 17.2 Å². The molecule has 0 radical (unpaired) electrons. The first-order chi connectivity index (χ1) is 15.4. The molecule has 7 nitrogen and oxygen atoms in total. The molecule has 0 unspecified atom stereocenters. The van der Waals surface area contributed by atoms with Gasteiger partial charge in [0.1, 0.15) is 0 Å². The Labute approximate surface area is 188 Å². The minimum atomic E-state index is -0.385. The molecule has 0 atom stereocenters. The van der Waals surface area contributed by atoms with Crippen molar-refractivity contribution in [3.05, 3.63) is 69.8 Å². The Balaban J connectivity index is 1.76. The first-order valence-electron chi connectivity index (χ1n) is 11.0. The van der Waals surface area contributed by atoms with Crippen LogP contribution >= 0.6 is 0 Å². The number of nitrogens with one attached hydrogen (secondary N) is 1. The van der Waals surface area contributed by atoms with E-state index in [1.165, 1.54) is 12.1 Å². The van der Waals surface area contributed by atoms with E-state index in [4.69, 9.17) is 0 Å². The Morgan fingerprint density at radius 1 is 1.22 bits per heavy atom. The van der Waals surface area contributed by atoms with E-state index >= 15 is 0 Å². The first kappa shape index (κ1) is 23.2. The van der Waals surface area contributed by atoms with E-state index in [1.54, 1.807) is 18.2 Å². The minimum absolute atomic E-state index is 0.0101. The number of rotatable bonds is 9. The molecule has 0 aliphatic carbocycles. The number of hydrogen-bond donors (Lipinski definition) is 1. The minimum Gasteiger partial charge on any atom is -0.352 e. The van der Waals surface area contributed by atoms with Crippen molar-refractivity contribution < 1.29 is 14.5 Å². The summed E-state index contributed by atoms with van der Waals surface area (Å²) in [6.07, 6.45) is 5.23. The molecule has 3 rings (SSSR count). The zero-order valence-corrected chi connectivity index (χ0v) is 18.5. The van der Waals surface area contributed by atoms with E-state index in [0.29, 0.717) is 37.1 Å². The summed E-state index contributed by atoms with van der Waals surface area (Å²) in [6.45, 7) is 5.99. The predicted molar refractivity (Wildman–Crippen MR) is 125 cm³/mol. The van der Waals surface area contributed by atoms with Gasteiger partial charge in [-0.1, -0.05) is 50.2 Å². The van der Waals surface area contributed by atoms with Crippen molar-refractivity contribution in [1.29, 1.82) is 0 Å². The molecule has 2 amide bonds. The zero-order chi connectivity index (χ0) is 23.1. The summed E-state index contributed by atoms with van der Waals surface area (Å²) in [5.74, 6) is 0.0945. The molecular weight excluding hydrogens is 406 g/mol. The second-order valence-electron chi connectivity index (χ2n) is 8.20. The fourth-order valence-corrected chi connectivity index (χ4v) is 4.02. The number of benzene rings is 2. The van der Waals surface area contributed by atoms with E-state index in [1.807, 2.05) is 43.0 Å². The van der Waals surface area contributed by atoms with E-state index in [0.717, 1.165) is 24.1 Å². The molecule has 2 aromatic carbocycles. The molecule has 0 spiro atoms. The fourth-order valence-electron chi connectivity index (χ4n) is 4.02. The van der Waals surface area contributed by atoms with Crippen LogP contribution in [0.15, 0.2) is 48.5 Å². The Morgan fingerprint density at radius 2 is 2.00 bits per heavy atom. The van der Waals surface area contributed by atoms with Gasteiger partial charge >= 0.3 is 0 Å². The monoisotopic (exact) mass is 435 g/mol. The third-order valence-electron chi connectivity index (χ3n) is 5.61. The highest BCUT2D eigenvalue weighted by Crippen LogP contribution is 2.38. The molecule has 1 saturated heterocycles. The van der Waals surface area contributed by atoms with Crippen molar-refractivity contribution in [2.24, 2.45) is 0 Å². The standard InChI is InChI=1S/C25H29N3O4/c1-18(2)20-9-3-4-10-21(20)25-19(8-5-11-22(25)28(31)32)13-14-23(29)26-15-7-17-27-16-6-12-24(27)30/h3-5,8-11,13-14,18H,6-7,12,15-17H2,1-2H3,(H,26,29)/b14-13+. The lowest BCUT2D eigenvalue weighted by Gasteiger charge is -2.15. The maximum absolute atomic E-state index is 12.3. The molecule has 1 N–H and O–H groups in total. The predicted octanol–water partition coefficient (Wildman–Crippen LogP) is 4.53. The summed E-state index contributed by atoms with van der Waals surface area (Å²) in [5, 5.41) is 14.6. The number of carbonyl (C=O) groups is 2. The SMILES string of the molecule is CC(C)c1ccccc1-c1c(/C=C/C(=O)NCCCN2CCCC2=O)cccc1[N+](=O)[O-]. The average molecular weight is 436 g/mol. The zero-order valence-electron chi connectivity index (χ0n) is 18.5. The highest BCUT2D eigenvalue weighted by molar-refractivity contribution is 5.94. The smallest absolute Gasteiger partial charge is 0.277 e. The fraction of sp³-hybridized carbons (Fsp3) is 0.360. The van der Waals surface area contributed by atoms with Crippen LogP contribution in [0.5, 0.6) is 0 Å². The number of amides is 2. The van der Waals surface area contributed by atoms with Crippen LogP contribution in [0, 0.1) is 10.1 Å². The summed E-state index contributed by atoms with van der Waals surface area (Å²) >= 11 is 0. The molecule has 1 fully saturated rings. The van der Waals surface area contributed by atoms with Crippen molar-refractivity contribution in [3.63, 3.8) is 0 Å². The summed E-state index contributed by atoms with van der Waals surface area (Å²) in [5.41, 5.74) is 2.95. The molecule has 1 aliphatic rings. The number of nitro benzene ring substituents is 1. The largest absolute Gasteiger partial charge is 0.352 e. The van der Waals surface area contributed by atoms with Crippen LogP contribution in [-0.4, -0.2) is 41.3 Å². The Morgan fingerprint density at radius 3 is 2.69 bits per heavy atom. The highest BCUT2D eigenvalue weighted by atomic mass is 16.6. The number of nitrogens with zero attached hydrogens (tertiary/aromatic N) is 2. The topological polar surface area (TPSA) is 92.6 Å². The van der Waals surface area contributed by atoms with Crippen molar-refractivity contribution in [3.8, 4) is 11.1 Å². The van der Waals surface area contributed by atoms with Gasteiger partial charge in [-0.25, -0.2) is 0 Å². The molecular formula is C25H29N3O4. The van der Waals surface area contributed by atoms with E-state index in [9.17, 15) is 19.7 Å². The number of likely N-dealkylation sites (tertiary alicyclic amines) is 1. The van der Waals surface area contributed by atoms with Crippen LogP contribution in [0.4, 0.5) is 5.69 Å². The van der Waals surface area contributed by atoms with E-state index in [2.05, 4.69) is 5.32 Å². The Bertz CT molecular complexity index is 1030. The lowest BCUT2D eigenvalue weighted by molar-refractivity contribution is -0.384. The molecule has 0 aromatic heterocycles. The first-order valence-corrected chi connectivity index (χ1v) is 11.0. The third kappa shape index (κ3) is 5.60. The van der Waals surface area contributed by atoms with E-state index < -0.39 is 0 Å². The number of nitro groups is 1. The molecule has 7 heteroatoms. The maximum Gasteiger partial charge on any atom is 0.277 e. The highest BCUT2D eigenvalue weighted by Gasteiger charge is 2.21. The Kier molecular flexibility index (Phi) is 7.76. The molecule has 32 heavy (non-hydrogen) atoms. The molecule has 1 heterocycles. The normalized spacial score (nSPS) is 13.8. The molecule has 1 aliphatic heterocycles. The van der Waals surface area contributed by atoms with Crippen molar-refractivity contribution in [1.82, 2.24) is 10.2 Å². The van der Waals surface area contributed by atoms with Crippen LogP contribution in [0.1, 0.15) is 50.2 Å². The van der Waals surface area contributed by atoms with Gasteiger partial charge in [-0.05, 0) is 41.5 Å². The van der Waals surface area contributed by atoms with E-state index in [-0.39, 0.29) is 28.3 Å². The van der Waals surface area contributed by atoms with Gasteiger partial charge in [0.25, 0.3) is 5.69 Å². The maximum atomic E-state index is 12.3. The quantitative estimate of drug-likeness (QED) is 0.271. The van der Waals surface area contributed by atoms with Crippen molar-refractivity contribution >= 4 is 23.6 Å². The van der Waals surface area contributed by atoms with Gasteiger partial charge in [0.15, 0.2) is 0 Å². The van der Waals surface area contributed by atoms with Gasteiger partial charge in [0, 0.05) is 38.2 Å². The molecule has 0 saturated carbocycles. The van der Waals surface area contributed by atoms with Crippen molar-refractivity contribution in [2.45, 2.75) is 39.0 Å². The van der Waals surface area contributed by atoms with Gasteiger partial charge in [0.05, 0.1) is 10.5 Å². The second kappa shape index (κ2) is 10.7. The van der Waals surface area contributed by atoms with Crippen LogP contribution in [-0.2, 0) is 9.59 Å². The van der Waals surface area contributed by atoms with Gasteiger partial charge in [-0.2, -0.15) is 0 Å². The van der Waals surface area contributed by atoms with Gasteiger partial charge in [0.2, 0.25) is 11.8 Å². The summed E-state index contributed by atoms with van der Waals surface area (Å²) in [6, 6.07) is 12.5. The Hall–Kier alpha value is -3.48. The lowest BCUT2D eigenvalue weighted by Crippen LogP contribution is -2.29. The molecule has 168 valence electrons. The molecule has 0 bridgehead atoms. The molecule has 2 aromatic rings. The number of carbonyl (C=O) groups excluding carboxylic acids is 2. The summed E-state index contributed by atoms with van der Waals surface area (Å²) in [7, 11) is 0. The van der Waals surface area contributed by atoms with Crippen molar-refractivity contribution in [2.75, 3.05) is 19.6 Å². The van der Waals surface area contributed by atoms with Gasteiger partial charge in [-0.3, -0.25) is 19.7 Å². The van der Waals surface area contributed by atoms with Gasteiger partial charge in [-0.15, -0.1) is 0 Å². The lowest BCUT2D eigenvalue weighted by atomic mass is 9.89. The second-order valence-corrected chi connectivity index (χ2v) is 8.20. The average Bonchev–Trinajstić information content (AvgIpc) is 3.19. The van der Waals surface area contributed by atoms with Crippen LogP contribution < -0.4 is 5.32 Å². The van der Waals surface area contributed by atoms with Crippen LogP contribution in [0.2, 0.25) is 0 Å². The summed E-state index contributed by atoms with van der Waals surface area (Å²) < 4.78 is 0. The van der Waals surface area contributed by atoms with Gasteiger partial charge < -0.3 is 10.2 Å². The van der Waals surface area contributed by atoms with Crippen LogP contribution in [0.3, 0.4) is 0 Å². The third-order valence-corrected chi connectivity index (χ3v) is 5.61. The summed E-state index contributed by atoms with van der Waals surface area (Å²) in [4.78, 5) is 37.1. The number of hydrogen-bond acceptors (Lipinski definition) is 4.